The maximum atomic E-state index is 12.4. The number of nitrogens with zero attached hydrogens (tertiary/aromatic N) is 4. The van der Waals surface area contributed by atoms with Crippen molar-refractivity contribution >= 4 is 17.9 Å². The SMILES string of the molecule is C[C@H](NC(=O)N1CCN(c2ncccn2)CC1)C(=O)NCCc1ccccc1. The zero-order chi connectivity index (χ0) is 19.8. The van der Waals surface area contributed by atoms with Gasteiger partial charge in [-0.15, -0.1) is 0 Å². The molecule has 1 aromatic heterocycles. The maximum absolute atomic E-state index is 12.4. The number of carbonyl (C=O) groups is 2. The van der Waals surface area contributed by atoms with E-state index in [9.17, 15) is 9.59 Å². The molecular formula is C20H26N6O2. The predicted octanol–water partition coefficient (Wildman–Crippen LogP) is 1.06. The summed E-state index contributed by atoms with van der Waals surface area (Å²) in [5.41, 5.74) is 1.17. The number of hydrogen-bond donors (Lipinski definition) is 2. The number of benzene rings is 1. The van der Waals surface area contributed by atoms with Crippen molar-refractivity contribution in [2.75, 3.05) is 37.6 Å². The summed E-state index contributed by atoms with van der Waals surface area (Å²) in [6.07, 6.45) is 4.18. The third-order valence-corrected chi connectivity index (χ3v) is 4.69. The van der Waals surface area contributed by atoms with Gasteiger partial charge in [0.05, 0.1) is 0 Å². The summed E-state index contributed by atoms with van der Waals surface area (Å²) >= 11 is 0. The van der Waals surface area contributed by atoms with E-state index < -0.39 is 6.04 Å². The van der Waals surface area contributed by atoms with Gasteiger partial charge >= 0.3 is 6.03 Å². The van der Waals surface area contributed by atoms with Gasteiger partial charge in [-0.1, -0.05) is 30.3 Å². The van der Waals surface area contributed by atoms with Crippen LogP contribution in [-0.2, 0) is 11.2 Å². The lowest BCUT2D eigenvalue weighted by molar-refractivity contribution is -0.122. The van der Waals surface area contributed by atoms with Crippen LogP contribution in [0.25, 0.3) is 0 Å². The standard InChI is InChI=1S/C20H26N6O2/c1-16(18(27)21-11-8-17-6-3-2-4-7-17)24-20(28)26-14-12-25(13-15-26)19-22-9-5-10-23-19/h2-7,9-10,16H,8,11-15H2,1H3,(H,21,27)(H,24,28)/t16-/m0/s1. The van der Waals surface area contributed by atoms with E-state index in [4.69, 9.17) is 0 Å². The normalized spacial score (nSPS) is 15.0. The van der Waals surface area contributed by atoms with E-state index in [1.54, 1.807) is 30.3 Å². The monoisotopic (exact) mass is 382 g/mol. The summed E-state index contributed by atoms with van der Waals surface area (Å²) in [6, 6.07) is 10.9. The molecule has 1 atom stereocenters. The third kappa shape index (κ3) is 5.42. The topological polar surface area (TPSA) is 90.5 Å². The highest BCUT2D eigenvalue weighted by atomic mass is 16.2. The first kappa shape index (κ1) is 19.6. The second kappa shape index (κ2) is 9.68. The number of anilines is 1. The molecule has 0 aliphatic carbocycles. The van der Waals surface area contributed by atoms with Crippen LogP contribution in [0.4, 0.5) is 10.7 Å². The summed E-state index contributed by atoms with van der Waals surface area (Å²) in [7, 11) is 0. The molecule has 1 aliphatic heterocycles. The Bertz CT molecular complexity index is 763. The number of rotatable bonds is 6. The van der Waals surface area contributed by atoms with Crippen molar-refractivity contribution in [2.45, 2.75) is 19.4 Å². The van der Waals surface area contributed by atoms with Gasteiger partial charge in [-0.25, -0.2) is 14.8 Å². The van der Waals surface area contributed by atoms with Crippen molar-refractivity contribution in [1.82, 2.24) is 25.5 Å². The molecular weight excluding hydrogens is 356 g/mol. The molecule has 1 saturated heterocycles. The summed E-state index contributed by atoms with van der Waals surface area (Å²) in [5.74, 6) is 0.495. The number of carbonyl (C=O) groups excluding carboxylic acids is 2. The molecule has 28 heavy (non-hydrogen) atoms. The molecule has 0 unspecified atom stereocenters. The van der Waals surface area contributed by atoms with Gasteiger partial charge in [0.2, 0.25) is 11.9 Å². The molecule has 148 valence electrons. The Hall–Kier alpha value is -3.16. The first-order chi connectivity index (χ1) is 13.6. The Balaban J connectivity index is 1.38. The average molecular weight is 382 g/mol. The van der Waals surface area contributed by atoms with Gasteiger partial charge in [-0.2, -0.15) is 0 Å². The fourth-order valence-electron chi connectivity index (χ4n) is 3.03. The van der Waals surface area contributed by atoms with Gasteiger partial charge in [-0.3, -0.25) is 4.79 Å². The van der Waals surface area contributed by atoms with Crippen LogP contribution in [0.3, 0.4) is 0 Å². The largest absolute Gasteiger partial charge is 0.354 e. The first-order valence-corrected chi connectivity index (χ1v) is 9.52. The minimum absolute atomic E-state index is 0.180. The van der Waals surface area contributed by atoms with Crippen LogP contribution >= 0.6 is 0 Å². The molecule has 1 aliphatic rings. The molecule has 8 heteroatoms. The Labute approximate surface area is 165 Å². The third-order valence-electron chi connectivity index (χ3n) is 4.69. The Morgan fingerprint density at radius 2 is 1.71 bits per heavy atom. The second-order valence-corrected chi connectivity index (χ2v) is 6.72. The zero-order valence-electron chi connectivity index (χ0n) is 16.0. The van der Waals surface area contributed by atoms with Crippen LogP contribution in [0.5, 0.6) is 0 Å². The molecule has 3 amide bonds. The van der Waals surface area contributed by atoms with Crippen LogP contribution in [-0.4, -0.2) is 65.6 Å². The van der Waals surface area contributed by atoms with Crippen molar-refractivity contribution in [3.05, 3.63) is 54.4 Å². The fourth-order valence-corrected chi connectivity index (χ4v) is 3.03. The molecule has 1 fully saturated rings. The van der Waals surface area contributed by atoms with E-state index in [1.165, 1.54) is 5.56 Å². The highest BCUT2D eigenvalue weighted by Gasteiger charge is 2.24. The molecule has 3 rings (SSSR count). The number of urea groups is 1. The molecule has 0 radical (unpaired) electrons. The molecule has 0 saturated carbocycles. The zero-order valence-corrected chi connectivity index (χ0v) is 16.0. The predicted molar refractivity (Wildman–Crippen MR) is 107 cm³/mol. The Morgan fingerprint density at radius 1 is 1.04 bits per heavy atom. The molecule has 2 N–H and O–H groups in total. The molecule has 0 bridgehead atoms. The lowest BCUT2D eigenvalue weighted by Crippen LogP contribution is -2.55. The van der Waals surface area contributed by atoms with Gasteiger partial charge in [0.15, 0.2) is 0 Å². The molecule has 8 nitrogen and oxygen atoms in total. The minimum Gasteiger partial charge on any atom is -0.354 e. The van der Waals surface area contributed by atoms with Crippen LogP contribution in [0, 0.1) is 0 Å². The van der Waals surface area contributed by atoms with Gasteiger partial charge in [0.25, 0.3) is 0 Å². The molecule has 1 aromatic carbocycles. The summed E-state index contributed by atoms with van der Waals surface area (Å²) in [6.45, 7) is 4.69. The van der Waals surface area contributed by atoms with Gasteiger partial charge in [-0.05, 0) is 25.0 Å². The number of nitrogens with one attached hydrogen (secondary N) is 2. The summed E-state index contributed by atoms with van der Waals surface area (Å²) in [4.78, 5) is 36.9. The van der Waals surface area contributed by atoms with E-state index in [0.29, 0.717) is 38.7 Å². The van der Waals surface area contributed by atoms with E-state index >= 15 is 0 Å². The second-order valence-electron chi connectivity index (χ2n) is 6.72. The first-order valence-electron chi connectivity index (χ1n) is 9.52. The smallest absolute Gasteiger partial charge is 0.318 e. The number of hydrogen-bond acceptors (Lipinski definition) is 5. The van der Waals surface area contributed by atoms with E-state index in [0.717, 1.165) is 6.42 Å². The van der Waals surface area contributed by atoms with Crippen molar-refractivity contribution in [3.8, 4) is 0 Å². The van der Waals surface area contributed by atoms with Crippen LogP contribution < -0.4 is 15.5 Å². The van der Waals surface area contributed by atoms with E-state index in [-0.39, 0.29) is 11.9 Å². The van der Waals surface area contributed by atoms with Crippen molar-refractivity contribution in [2.24, 2.45) is 0 Å². The number of piperazine rings is 1. The minimum atomic E-state index is -0.584. The van der Waals surface area contributed by atoms with Crippen molar-refractivity contribution in [3.63, 3.8) is 0 Å². The average Bonchev–Trinajstić information content (AvgIpc) is 2.75. The van der Waals surface area contributed by atoms with Gasteiger partial charge < -0.3 is 20.4 Å². The Kier molecular flexibility index (Phi) is 6.78. The van der Waals surface area contributed by atoms with Gasteiger partial charge in [0.1, 0.15) is 6.04 Å². The van der Waals surface area contributed by atoms with E-state index in [1.807, 2.05) is 35.2 Å². The van der Waals surface area contributed by atoms with Crippen LogP contribution in [0.15, 0.2) is 48.8 Å². The molecule has 2 heterocycles. The number of aromatic nitrogens is 2. The maximum Gasteiger partial charge on any atom is 0.318 e. The molecule has 0 spiro atoms. The van der Waals surface area contributed by atoms with Crippen molar-refractivity contribution in [1.29, 1.82) is 0 Å². The molecule has 2 aromatic rings. The van der Waals surface area contributed by atoms with E-state index in [2.05, 4.69) is 20.6 Å². The van der Waals surface area contributed by atoms with Crippen LogP contribution in [0.2, 0.25) is 0 Å². The lowest BCUT2D eigenvalue weighted by Gasteiger charge is -2.35. The quantitative estimate of drug-likeness (QED) is 0.780. The van der Waals surface area contributed by atoms with Crippen molar-refractivity contribution < 1.29 is 9.59 Å². The number of amides is 3. The Morgan fingerprint density at radius 3 is 2.39 bits per heavy atom. The van der Waals surface area contributed by atoms with Crippen LogP contribution in [0.1, 0.15) is 12.5 Å². The highest BCUT2D eigenvalue weighted by molar-refractivity contribution is 5.86. The van der Waals surface area contributed by atoms with Gasteiger partial charge in [0, 0.05) is 45.1 Å². The fraction of sp³-hybridized carbons (Fsp3) is 0.400. The summed E-state index contributed by atoms with van der Waals surface area (Å²) in [5, 5.41) is 5.65. The lowest BCUT2D eigenvalue weighted by atomic mass is 10.1. The highest BCUT2D eigenvalue weighted by Crippen LogP contribution is 2.09. The summed E-state index contributed by atoms with van der Waals surface area (Å²) < 4.78 is 0.